The summed E-state index contributed by atoms with van der Waals surface area (Å²) in [7, 11) is 0. The van der Waals surface area contributed by atoms with Crippen molar-refractivity contribution in [2.24, 2.45) is 0 Å². The molecule has 0 atom stereocenters. The number of fused-ring (bicyclic) bond motifs is 1. The van der Waals surface area contributed by atoms with Crippen molar-refractivity contribution in [3.05, 3.63) is 34.5 Å². The zero-order valence-electron chi connectivity index (χ0n) is 8.60. The summed E-state index contributed by atoms with van der Waals surface area (Å²) in [4.78, 5) is 10.6. The molecule has 0 spiro atoms. The highest BCUT2D eigenvalue weighted by Crippen LogP contribution is 2.45. The molecule has 0 bridgehead atoms. The molecule has 0 amide bonds. The lowest BCUT2D eigenvalue weighted by atomic mass is 10.1. The molecule has 2 aromatic rings. The van der Waals surface area contributed by atoms with Gasteiger partial charge in [0, 0.05) is 4.47 Å². The first-order valence-electron chi connectivity index (χ1n) is 4.93. The number of hydrogen-bond donors (Lipinski definition) is 0. The Morgan fingerprint density at radius 2 is 2.06 bits per heavy atom. The third-order valence-corrected chi connectivity index (χ3v) is 3.14. The van der Waals surface area contributed by atoms with E-state index in [1.807, 2.05) is 12.1 Å². The van der Waals surface area contributed by atoms with Gasteiger partial charge in [-0.1, -0.05) is 0 Å². The van der Waals surface area contributed by atoms with Gasteiger partial charge in [-0.25, -0.2) is 0 Å². The van der Waals surface area contributed by atoms with E-state index < -0.39 is 0 Å². The molecule has 2 heterocycles. The molecule has 5 heteroatoms. The Morgan fingerprint density at radius 3 is 2.82 bits per heavy atom. The molecule has 0 radical (unpaired) electrons. The summed E-state index contributed by atoms with van der Waals surface area (Å²) in [6, 6.07) is 7.02. The van der Waals surface area contributed by atoms with E-state index >= 15 is 0 Å². The van der Waals surface area contributed by atoms with Crippen LogP contribution >= 0.6 is 15.9 Å². The van der Waals surface area contributed by atoms with E-state index in [1.54, 1.807) is 12.1 Å². The Labute approximate surface area is 105 Å². The van der Waals surface area contributed by atoms with Crippen molar-refractivity contribution >= 4 is 22.2 Å². The minimum atomic E-state index is 0.194. The number of carbonyl (C=O) groups is 1. The molecule has 1 aliphatic heterocycles. The second-order valence-electron chi connectivity index (χ2n) is 3.48. The van der Waals surface area contributed by atoms with Crippen LogP contribution in [0.3, 0.4) is 0 Å². The Kier molecular flexibility index (Phi) is 2.40. The maximum absolute atomic E-state index is 10.6. The van der Waals surface area contributed by atoms with Gasteiger partial charge in [0.2, 0.25) is 6.79 Å². The monoisotopic (exact) mass is 294 g/mol. The van der Waals surface area contributed by atoms with Crippen LogP contribution in [0.5, 0.6) is 11.5 Å². The van der Waals surface area contributed by atoms with Gasteiger partial charge < -0.3 is 13.9 Å². The van der Waals surface area contributed by atoms with Crippen molar-refractivity contribution in [3.8, 4) is 22.8 Å². The van der Waals surface area contributed by atoms with Crippen molar-refractivity contribution in [1.82, 2.24) is 0 Å². The molecule has 1 aromatic heterocycles. The Balaban J connectivity index is 2.19. The smallest absolute Gasteiger partial charge is 0.231 e. The molecule has 0 unspecified atom stereocenters. The summed E-state index contributed by atoms with van der Waals surface area (Å²) < 4.78 is 16.9. The fraction of sp³-hybridized carbons (Fsp3) is 0.0833. The standard InChI is InChI=1S/C12H7BrO4/c13-8-2-4-10-12(16-6-15-10)11(8)9-3-1-7(5-14)17-9/h1-5H,6H2. The summed E-state index contributed by atoms with van der Waals surface area (Å²) in [6.07, 6.45) is 0.665. The maximum atomic E-state index is 10.6. The lowest BCUT2D eigenvalue weighted by molar-refractivity contribution is 0.110. The Bertz CT molecular complexity index is 588. The molecule has 0 aliphatic carbocycles. The summed E-state index contributed by atoms with van der Waals surface area (Å²) in [5, 5.41) is 0. The highest BCUT2D eigenvalue weighted by Gasteiger charge is 2.23. The number of carbonyl (C=O) groups excluding carboxylic acids is 1. The first kappa shape index (κ1) is 10.4. The molecular weight excluding hydrogens is 288 g/mol. The molecule has 1 aromatic carbocycles. The van der Waals surface area contributed by atoms with Crippen LogP contribution in [-0.4, -0.2) is 13.1 Å². The van der Waals surface area contributed by atoms with Crippen molar-refractivity contribution in [2.45, 2.75) is 0 Å². The summed E-state index contributed by atoms with van der Waals surface area (Å²) in [6.45, 7) is 0.194. The molecule has 17 heavy (non-hydrogen) atoms. The van der Waals surface area contributed by atoms with Gasteiger partial charge in [-0.15, -0.1) is 0 Å². The molecule has 0 N–H and O–H groups in total. The molecular formula is C12H7BrO4. The first-order chi connectivity index (χ1) is 8.29. The minimum absolute atomic E-state index is 0.194. The predicted octanol–water partition coefficient (Wildman–Crippen LogP) is 3.25. The van der Waals surface area contributed by atoms with E-state index in [9.17, 15) is 4.79 Å². The minimum Gasteiger partial charge on any atom is -0.454 e. The molecule has 0 fully saturated rings. The topological polar surface area (TPSA) is 48.7 Å². The van der Waals surface area contributed by atoms with Gasteiger partial charge in [-0.3, -0.25) is 4.79 Å². The number of ether oxygens (including phenoxy) is 2. The van der Waals surface area contributed by atoms with Crippen LogP contribution in [-0.2, 0) is 0 Å². The summed E-state index contributed by atoms with van der Waals surface area (Å²) >= 11 is 3.43. The van der Waals surface area contributed by atoms with Gasteiger partial charge in [0.1, 0.15) is 5.76 Å². The molecule has 86 valence electrons. The van der Waals surface area contributed by atoms with Gasteiger partial charge in [0.05, 0.1) is 5.56 Å². The lowest BCUT2D eigenvalue weighted by Gasteiger charge is -2.05. The maximum Gasteiger partial charge on any atom is 0.231 e. The van der Waals surface area contributed by atoms with Crippen molar-refractivity contribution in [2.75, 3.05) is 6.79 Å². The average molecular weight is 295 g/mol. The van der Waals surface area contributed by atoms with Crippen LogP contribution in [0.1, 0.15) is 10.6 Å². The number of aldehydes is 1. The van der Waals surface area contributed by atoms with Crippen LogP contribution in [0.2, 0.25) is 0 Å². The molecule has 1 aliphatic rings. The van der Waals surface area contributed by atoms with Crippen LogP contribution in [0.25, 0.3) is 11.3 Å². The molecule has 4 nitrogen and oxygen atoms in total. The number of rotatable bonds is 2. The summed E-state index contributed by atoms with van der Waals surface area (Å²) in [5.74, 6) is 2.16. The second-order valence-corrected chi connectivity index (χ2v) is 4.33. The second kappa shape index (κ2) is 3.92. The number of furan rings is 1. The zero-order valence-corrected chi connectivity index (χ0v) is 10.2. The van der Waals surface area contributed by atoms with Gasteiger partial charge in [0.15, 0.2) is 23.5 Å². The summed E-state index contributed by atoms with van der Waals surface area (Å²) in [5.41, 5.74) is 0.758. The quantitative estimate of drug-likeness (QED) is 0.798. The predicted molar refractivity (Wildman–Crippen MR) is 63.4 cm³/mol. The number of halogens is 1. The van der Waals surface area contributed by atoms with Crippen molar-refractivity contribution in [3.63, 3.8) is 0 Å². The van der Waals surface area contributed by atoms with E-state index in [1.165, 1.54) is 0 Å². The van der Waals surface area contributed by atoms with E-state index in [4.69, 9.17) is 13.9 Å². The van der Waals surface area contributed by atoms with Crippen LogP contribution in [0.15, 0.2) is 33.2 Å². The van der Waals surface area contributed by atoms with Gasteiger partial charge in [-0.05, 0) is 40.2 Å². The lowest BCUT2D eigenvalue weighted by Crippen LogP contribution is -1.93. The van der Waals surface area contributed by atoms with Crippen LogP contribution < -0.4 is 9.47 Å². The first-order valence-corrected chi connectivity index (χ1v) is 5.72. The average Bonchev–Trinajstić information content (AvgIpc) is 2.96. The van der Waals surface area contributed by atoms with E-state index in [2.05, 4.69) is 15.9 Å². The van der Waals surface area contributed by atoms with Crippen LogP contribution in [0.4, 0.5) is 0 Å². The largest absolute Gasteiger partial charge is 0.454 e. The SMILES string of the molecule is O=Cc1ccc(-c2c(Br)ccc3c2OCO3)o1. The highest BCUT2D eigenvalue weighted by molar-refractivity contribution is 9.10. The zero-order chi connectivity index (χ0) is 11.8. The molecule has 0 saturated carbocycles. The van der Waals surface area contributed by atoms with E-state index in [-0.39, 0.29) is 12.6 Å². The van der Waals surface area contributed by atoms with E-state index in [0.29, 0.717) is 23.5 Å². The molecule has 3 rings (SSSR count). The Morgan fingerprint density at radius 1 is 1.18 bits per heavy atom. The Hall–Kier alpha value is -1.75. The molecule has 0 saturated heterocycles. The van der Waals surface area contributed by atoms with Crippen LogP contribution in [0, 0.1) is 0 Å². The van der Waals surface area contributed by atoms with E-state index in [0.717, 1.165) is 10.0 Å². The third kappa shape index (κ3) is 1.63. The fourth-order valence-corrected chi connectivity index (χ4v) is 2.24. The highest BCUT2D eigenvalue weighted by atomic mass is 79.9. The van der Waals surface area contributed by atoms with Crippen molar-refractivity contribution in [1.29, 1.82) is 0 Å². The fourth-order valence-electron chi connectivity index (χ4n) is 1.73. The van der Waals surface area contributed by atoms with Gasteiger partial charge >= 0.3 is 0 Å². The number of benzene rings is 1. The number of hydrogen-bond acceptors (Lipinski definition) is 4. The van der Waals surface area contributed by atoms with Gasteiger partial charge in [-0.2, -0.15) is 0 Å². The normalized spacial score (nSPS) is 12.8. The van der Waals surface area contributed by atoms with Crippen molar-refractivity contribution < 1.29 is 18.7 Å². The van der Waals surface area contributed by atoms with Gasteiger partial charge in [0.25, 0.3) is 0 Å². The third-order valence-electron chi connectivity index (χ3n) is 2.48.